The Hall–Kier alpha value is -2.07. The second-order valence-corrected chi connectivity index (χ2v) is 3.86. The SMILES string of the molecule is O=C(NCCCO)c1occc1-c1ccccc1. The van der Waals surface area contributed by atoms with E-state index in [1.807, 2.05) is 30.3 Å². The van der Waals surface area contributed by atoms with Gasteiger partial charge in [-0.15, -0.1) is 0 Å². The van der Waals surface area contributed by atoms with Crippen LogP contribution in [-0.2, 0) is 0 Å². The third kappa shape index (κ3) is 2.78. The Morgan fingerprint density at radius 1 is 1.22 bits per heavy atom. The zero-order valence-corrected chi connectivity index (χ0v) is 9.93. The number of hydrogen-bond acceptors (Lipinski definition) is 3. The van der Waals surface area contributed by atoms with Crippen molar-refractivity contribution >= 4 is 5.91 Å². The lowest BCUT2D eigenvalue weighted by atomic mass is 10.1. The second-order valence-electron chi connectivity index (χ2n) is 3.86. The molecule has 4 nitrogen and oxygen atoms in total. The Morgan fingerprint density at radius 2 is 2.00 bits per heavy atom. The maximum atomic E-state index is 11.9. The summed E-state index contributed by atoms with van der Waals surface area (Å²) in [5.41, 5.74) is 1.72. The Balaban J connectivity index is 2.15. The normalized spacial score (nSPS) is 10.3. The van der Waals surface area contributed by atoms with Gasteiger partial charge in [0, 0.05) is 18.7 Å². The lowest BCUT2D eigenvalue weighted by Crippen LogP contribution is -2.25. The molecule has 1 heterocycles. The first-order valence-corrected chi connectivity index (χ1v) is 5.85. The van der Waals surface area contributed by atoms with Crippen LogP contribution < -0.4 is 5.32 Å². The Kier molecular flexibility index (Phi) is 4.15. The lowest BCUT2D eigenvalue weighted by Gasteiger charge is -2.04. The number of furan rings is 1. The first-order valence-electron chi connectivity index (χ1n) is 5.85. The zero-order valence-electron chi connectivity index (χ0n) is 9.93. The highest BCUT2D eigenvalue weighted by Gasteiger charge is 2.15. The van der Waals surface area contributed by atoms with Gasteiger partial charge in [0.1, 0.15) is 0 Å². The average Bonchev–Trinajstić information content (AvgIpc) is 2.89. The van der Waals surface area contributed by atoms with Gasteiger partial charge in [0.15, 0.2) is 5.76 Å². The molecule has 0 atom stereocenters. The molecule has 0 saturated carbocycles. The molecule has 0 aliphatic carbocycles. The zero-order chi connectivity index (χ0) is 12.8. The van der Waals surface area contributed by atoms with Crippen LogP contribution in [0.25, 0.3) is 11.1 Å². The van der Waals surface area contributed by atoms with Crippen molar-refractivity contribution in [3.63, 3.8) is 0 Å². The van der Waals surface area contributed by atoms with Gasteiger partial charge in [0.05, 0.1) is 6.26 Å². The van der Waals surface area contributed by atoms with Crippen molar-refractivity contribution in [3.8, 4) is 11.1 Å². The average molecular weight is 245 g/mol. The number of benzene rings is 1. The van der Waals surface area contributed by atoms with Gasteiger partial charge in [-0.25, -0.2) is 0 Å². The van der Waals surface area contributed by atoms with E-state index in [1.165, 1.54) is 6.26 Å². The monoisotopic (exact) mass is 245 g/mol. The molecule has 18 heavy (non-hydrogen) atoms. The van der Waals surface area contributed by atoms with Gasteiger partial charge in [-0.05, 0) is 18.1 Å². The summed E-state index contributed by atoms with van der Waals surface area (Å²) in [6.45, 7) is 0.494. The molecule has 2 aromatic rings. The number of carbonyl (C=O) groups excluding carboxylic acids is 1. The number of aliphatic hydroxyl groups is 1. The largest absolute Gasteiger partial charge is 0.459 e. The van der Waals surface area contributed by atoms with Crippen LogP contribution in [0, 0.1) is 0 Å². The van der Waals surface area contributed by atoms with Gasteiger partial charge in [-0.3, -0.25) is 4.79 Å². The maximum absolute atomic E-state index is 11.9. The molecule has 1 aromatic heterocycles. The van der Waals surface area contributed by atoms with E-state index in [-0.39, 0.29) is 12.5 Å². The van der Waals surface area contributed by atoms with Gasteiger partial charge in [-0.2, -0.15) is 0 Å². The topological polar surface area (TPSA) is 62.5 Å². The molecule has 0 radical (unpaired) electrons. The van der Waals surface area contributed by atoms with Gasteiger partial charge >= 0.3 is 0 Å². The summed E-state index contributed by atoms with van der Waals surface area (Å²) < 4.78 is 5.24. The molecular formula is C14H15NO3. The van der Waals surface area contributed by atoms with Crippen molar-refractivity contribution in [3.05, 3.63) is 48.4 Å². The van der Waals surface area contributed by atoms with Crippen molar-refractivity contribution in [1.29, 1.82) is 0 Å². The van der Waals surface area contributed by atoms with E-state index in [0.29, 0.717) is 18.7 Å². The number of nitrogens with one attached hydrogen (secondary N) is 1. The van der Waals surface area contributed by atoms with Crippen LogP contribution in [0.15, 0.2) is 47.1 Å². The van der Waals surface area contributed by atoms with Crippen LogP contribution in [0.4, 0.5) is 0 Å². The van der Waals surface area contributed by atoms with E-state index in [4.69, 9.17) is 9.52 Å². The number of carbonyl (C=O) groups is 1. The number of aliphatic hydroxyl groups excluding tert-OH is 1. The Bertz CT molecular complexity index is 505. The van der Waals surface area contributed by atoms with Crippen LogP contribution in [0.1, 0.15) is 17.0 Å². The fraction of sp³-hybridized carbons (Fsp3) is 0.214. The summed E-state index contributed by atoms with van der Waals surface area (Å²) in [5, 5.41) is 11.4. The van der Waals surface area contributed by atoms with Crippen LogP contribution in [0.3, 0.4) is 0 Å². The number of rotatable bonds is 5. The molecule has 1 aromatic carbocycles. The third-order valence-electron chi connectivity index (χ3n) is 2.58. The predicted molar refractivity (Wildman–Crippen MR) is 68.2 cm³/mol. The smallest absolute Gasteiger partial charge is 0.287 e. The standard InChI is InChI=1S/C14H15NO3/c16-9-4-8-15-14(17)13-12(7-10-18-13)11-5-2-1-3-6-11/h1-3,5-7,10,16H,4,8-9H2,(H,15,17). The minimum atomic E-state index is -0.257. The van der Waals surface area contributed by atoms with Crippen LogP contribution >= 0.6 is 0 Å². The highest BCUT2D eigenvalue weighted by molar-refractivity contribution is 5.98. The Morgan fingerprint density at radius 3 is 2.72 bits per heavy atom. The van der Waals surface area contributed by atoms with Crippen molar-refractivity contribution in [1.82, 2.24) is 5.32 Å². The van der Waals surface area contributed by atoms with Crippen molar-refractivity contribution in [2.24, 2.45) is 0 Å². The minimum Gasteiger partial charge on any atom is -0.459 e. The molecule has 0 aliphatic rings. The maximum Gasteiger partial charge on any atom is 0.287 e. The van der Waals surface area contributed by atoms with Crippen LogP contribution in [-0.4, -0.2) is 24.2 Å². The number of hydrogen-bond donors (Lipinski definition) is 2. The predicted octanol–water partition coefficient (Wildman–Crippen LogP) is 2.06. The highest BCUT2D eigenvalue weighted by Crippen LogP contribution is 2.24. The first-order chi connectivity index (χ1) is 8.83. The van der Waals surface area contributed by atoms with Gasteiger partial charge in [0.2, 0.25) is 0 Å². The highest BCUT2D eigenvalue weighted by atomic mass is 16.3. The molecule has 0 spiro atoms. The van der Waals surface area contributed by atoms with E-state index in [0.717, 1.165) is 11.1 Å². The van der Waals surface area contributed by atoms with Gasteiger partial charge < -0.3 is 14.8 Å². The Labute approximate surface area is 105 Å². The molecule has 4 heteroatoms. The molecule has 2 N–H and O–H groups in total. The van der Waals surface area contributed by atoms with Crippen LogP contribution in [0.5, 0.6) is 0 Å². The number of amides is 1. The van der Waals surface area contributed by atoms with E-state index in [2.05, 4.69) is 5.32 Å². The van der Waals surface area contributed by atoms with Gasteiger partial charge in [-0.1, -0.05) is 30.3 Å². The summed E-state index contributed by atoms with van der Waals surface area (Å²) in [4.78, 5) is 11.9. The molecule has 94 valence electrons. The lowest BCUT2D eigenvalue weighted by molar-refractivity contribution is 0.0924. The molecule has 0 bridgehead atoms. The van der Waals surface area contributed by atoms with E-state index in [1.54, 1.807) is 6.07 Å². The van der Waals surface area contributed by atoms with E-state index in [9.17, 15) is 4.79 Å². The molecule has 0 fully saturated rings. The van der Waals surface area contributed by atoms with Crippen LogP contribution in [0.2, 0.25) is 0 Å². The summed E-state index contributed by atoms with van der Waals surface area (Å²) in [5.74, 6) is 0.0476. The fourth-order valence-corrected chi connectivity index (χ4v) is 1.69. The minimum absolute atomic E-state index is 0.0595. The molecule has 0 unspecified atom stereocenters. The summed E-state index contributed by atoms with van der Waals surface area (Å²) in [7, 11) is 0. The fourth-order valence-electron chi connectivity index (χ4n) is 1.69. The summed E-state index contributed by atoms with van der Waals surface area (Å²) in [6, 6.07) is 11.4. The second kappa shape index (κ2) is 6.02. The van der Waals surface area contributed by atoms with E-state index < -0.39 is 0 Å². The summed E-state index contributed by atoms with van der Waals surface area (Å²) >= 11 is 0. The molecule has 2 rings (SSSR count). The van der Waals surface area contributed by atoms with Gasteiger partial charge in [0.25, 0.3) is 5.91 Å². The quantitative estimate of drug-likeness (QED) is 0.792. The third-order valence-corrected chi connectivity index (χ3v) is 2.58. The van der Waals surface area contributed by atoms with Crippen molar-refractivity contribution in [2.75, 3.05) is 13.2 Å². The molecule has 0 aliphatic heterocycles. The molecule has 0 saturated heterocycles. The van der Waals surface area contributed by atoms with Crippen molar-refractivity contribution < 1.29 is 14.3 Å². The summed E-state index contributed by atoms with van der Waals surface area (Å²) in [6.07, 6.45) is 2.04. The molecular weight excluding hydrogens is 230 g/mol. The van der Waals surface area contributed by atoms with E-state index >= 15 is 0 Å². The van der Waals surface area contributed by atoms with Crippen molar-refractivity contribution in [2.45, 2.75) is 6.42 Å². The first kappa shape index (κ1) is 12.4. The molecule has 1 amide bonds.